The van der Waals surface area contributed by atoms with Gasteiger partial charge in [0.25, 0.3) is 0 Å². The highest BCUT2D eigenvalue weighted by atomic mass is 35.5. The third kappa shape index (κ3) is 3.89. The number of rotatable bonds is 6. The number of nitrogens with two attached hydrogens (primary N) is 1. The van der Waals surface area contributed by atoms with Gasteiger partial charge in [0.2, 0.25) is 0 Å². The van der Waals surface area contributed by atoms with Gasteiger partial charge in [-0.1, -0.05) is 29.8 Å². The van der Waals surface area contributed by atoms with E-state index < -0.39 is 0 Å². The second-order valence-corrected chi connectivity index (χ2v) is 4.84. The first-order valence-electron chi connectivity index (χ1n) is 6.50. The summed E-state index contributed by atoms with van der Waals surface area (Å²) in [5.41, 5.74) is 7.53. The standard InChI is InChI=1S/C16H18ClNO2/c1-12-4-2-7-16(17)15(12)11-20-14-6-3-5-13(10-14)19-9-8-18/h2-7,10H,8-9,11,18H2,1H3. The molecule has 0 aliphatic heterocycles. The van der Waals surface area contributed by atoms with Gasteiger partial charge in [-0.2, -0.15) is 0 Å². The fraction of sp³-hybridized carbons (Fsp3) is 0.250. The molecular formula is C16H18ClNO2. The second-order valence-electron chi connectivity index (χ2n) is 4.44. The zero-order chi connectivity index (χ0) is 14.4. The lowest BCUT2D eigenvalue weighted by atomic mass is 10.1. The van der Waals surface area contributed by atoms with Crippen LogP contribution in [0.2, 0.25) is 5.02 Å². The van der Waals surface area contributed by atoms with Gasteiger partial charge >= 0.3 is 0 Å². The molecule has 3 nitrogen and oxygen atoms in total. The van der Waals surface area contributed by atoms with Crippen molar-refractivity contribution in [3.05, 3.63) is 58.6 Å². The van der Waals surface area contributed by atoms with Crippen LogP contribution in [0, 0.1) is 6.92 Å². The van der Waals surface area contributed by atoms with Crippen molar-refractivity contribution >= 4 is 11.6 Å². The predicted octanol–water partition coefficient (Wildman–Crippen LogP) is 3.56. The van der Waals surface area contributed by atoms with Crippen LogP contribution in [0.25, 0.3) is 0 Å². The molecule has 2 N–H and O–H groups in total. The second kappa shape index (κ2) is 7.17. The third-order valence-electron chi connectivity index (χ3n) is 2.93. The van der Waals surface area contributed by atoms with E-state index in [0.29, 0.717) is 19.8 Å². The molecule has 0 saturated heterocycles. The normalized spacial score (nSPS) is 10.3. The lowest BCUT2D eigenvalue weighted by Crippen LogP contribution is -2.10. The van der Waals surface area contributed by atoms with Gasteiger partial charge in [0.15, 0.2) is 0 Å². The monoisotopic (exact) mass is 291 g/mol. The molecule has 0 heterocycles. The first-order valence-corrected chi connectivity index (χ1v) is 6.88. The highest BCUT2D eigenvalue weighted by Crippen LogP contribution is 2.24. The molecular weight excluding hydrogens is 274 g/mol. The summed E-state index contributed by atoms with van der Waals surface area (Å²) in [4.78, 5) is 0. The smallest absolute Gasteiger partial charge is 0.123 e. The summed E-state index contributed by atoms with van der Waals surface area (Å²) in [6, 6.07) is 13.3. The van der Waals surface area contributed by atoms with Crippen LogP contribution < -0.4 is 15.2 Å². The number of hydrogen-bond acceptors (Lipinski definition) is 3. The molecule has 0 aromatic heterocycles. The Balaban J connectivity index is 2.03. The fourth-order valence-electron chi connectivity index (χ4n) is 1.84. The SMILES string of the molecule is Cc1cccc(Cl)c1COc1cccc(OCCN)c1. The van der Waals surface area contributed by atoms with Crippen LogP contribution >= 0.6 is 11.6 Å². The summed E-state index contributed by atoms with van der Waals surface area (Å²) in [5.74, 6) is 1.50. The Kier molecular flexibility index (Phi) is 5.27. The molecule has 0 aliphatic carbocycles. The van der Waals surface area contributed by atoms with Gasteiger partial charge in [-0.05, 0) is 30.7 Å². The van der Waals surface area contributed by atoms with E-state index in [2.05, 4.69) is 0 Å². The number of halogens is 1. The molecule has 0 radical (unpaired) electrons. The highest BCUT2D eigenvalue weighted by molar-refractivity contribution is 6.31. The van der Waals surface area contributed by atoms with Gasteiger partial charge in [-0.25, -0.2) is 0 Å². The van der Waals surface area contributed by atoms with Crippen molar-refractivity contribution in [1.82, 2.24) is 0 Å². The fourth-order valence-corrected chi connectivity index (χ4v) is 2.11. The summed E-state index contributed by atoms with van der Waals surface area (Å²) in [6.45, 7) is 3.44. The predicted molar refractivity (Wildman–Crippen MR) is 81.5 cm³/mol. The Bertz CT molecular complexity index is 552. The van der Waals surface area contributed by atoms with E-state index in [-0.39, 0.29) is 0 Å². The van der Waals surface area contributed by atoms with Crippen molar-refractivity contribution in [2.75, 3.05) is 13.2 Å². The van der Waals surface area contributed by atoms with Crippen LogP contribution in [-0.2, 0) is 6.61 Å². The van der Waals surface area contributed by atoms with Crippen LogP contribution in [0.5, 0.6) is 11.5 Å². The molecule has 0 spiro atoms. The lowest BCUT2D eigenvalue weighted by molar-refractivity contribution is 0.297. The molecule has 2 aromatic carbocycles. The first kappa shape index (κ1) is 14.7. The Morgan fingerprint density at radius 3 is 2.45 bits per heavy atom. The topological polar surface area (TPSA) is 44.5 Å². The molecule has 0 amide bonds. The summed E-state index contributed by atoms with van der Waals surface area (Å²) in [6.07, 6.45) is 0. The van der Waals surface area contributed by atoms with Gasteiger partial charge in [0.05, 0.1) is 0 Å². The van der Waals surface area contributed by atoms with Crippen LogP contribution in [0.3, 0.4) is 0 Å². The van der Waals surface area contributed by atoms with Crippen molar-refractivity contribution in [3.8, 4) is 11.5 Å². The average Bonchev–Trinajstić information content (AvgIpc) is 2.45. The van der Waals surface area contributed by atoms with E-state index in [9.17, 15) is 0 Å². The van der Waals surface area contributed by atoms with Gasteiger partial charge in [0.1, 0.15) is 24.7 Å². The molecule has 20 heavy (non-hydrogen) atoms. The van der Waals surface area contributed by atoms with E-state index >= 15 is 0 Å². The van der Waals surface area contributed by atoms with E-state index in [1.807, 2.05) is 49.4 Å². The molecule has 0 bridgehead atoms. The van der Waals surface area contributed by atoms with Gasteiger partial charge < -0.3 is 15.2 Å². The maximum atomic E-state index is 6.18. The van der Waals surface area contributed by atoms with Crippen LogP contribution in [-0.4, -0.2) is 13.2 Å². The summed E-state index contributed by atoms with van der Waals surface area (Å²) < 4.78 is 11.2. The number of benzene rings is 2. The lowest BCUT2D eigenvalue weighted by Gasteiger charge is -2.11. The van der Waals surface area contributed by atoms with Crippen molar-refractivity contribution in [3.63, 3.8) is 0 Å². The third-order valence-corrected chi connectivity index (χ3v) is 3.28. The molecule has 4 heteroatoms. The minimum absolute atomic E-state index is 0.436. The minimum atomic E-state index is 0.436. The average molecular weight is 292 g/mol. The quantitative estimate of drug-likeness (QED) is 0.885. The Morgan fingerprint density at radius 1 is 1.05 bits per heavy atom. The van der Waals surface area contributed by atoms with Crippen molar-refractivity contribution in [2.45, 2.75) is 13.5 Å². The Morgan fingerprint density at radius 2 is 1.75 bits per heavy atom. The van der Waals surface area contributed by atoms with E-state index in [1.54, 1.807) is 0 Å². The van der Waals surface area contributed by atoms with Gasteiger partial charge in [-0.15, -0.1) is 0 Å². The first-order chi connectivity index (χ1) is 9.70. The maximum absolute atomic E-state index is 6.18. The molecule has 2 rings (SSSR count). The highest BCUT2D eigenvalue weighted by Gasteiger charge is 2.05. The Hall–Kier alpha value is -1.71. The summed E-state index contributed by atoms with van der Waals surface area (Å²) in [7, 11) is 0. The molecule has 0 fully saturated rings. The zero-order valence-electron chi connectivity index (χ0n) is 11.4. The number of hydrogen-bond donors (Lipinski definition) is 1. The Labute approximate surface area is 124 Å². The van der Waals surface area contributed by atoms with E-state index in [1.165, 1.54) is 0 Å². The van der Waals surface area contributed by atoms with Crippen LogP contribution in [0.4, 0.5) is 0 Å². The summed E-state index contributed by atoms with van der Waals surface area (Å²) >= 11 is 6.18. The zero-order valence-corrected chi connectivity index (χ0v) is 12.2. The van der Waals surface area contributed by atoms with Gasteiger partial charge in [-0.3, -0.25) is 0 Å². The van der Waals surface area contributed by atoms with Crippen LogP contribution in [0.15, 0.2) is 42.5 Å². The number of ether oxygens (including phenoxy) is 2. The van der Waals surface area contributed by atoms with Crippen molar-refractivity contribution in [1.29, 1.82) is 0 Å². The van der Waals surface area contributed by atoms with Crippen molar-refractivity contribution in [2.24, 2.45) is 5.73 Å². The summed E-state index contributed by atoms with van der Waals surface area (Å²) in [5, 5.41) is 0.723. The molecule has 2 aromatic rings. The molecule has 0 unspecified atom stereocenters. The van der Waals surface area contributed by atoms with E-state index in [0.717, 1.165) is 27.6 Å². The van der Waals surface area contributed by atoms with E-state index in [4.69, 9.17) is 26.8 Å². The largest absolute Gasteiger partial charge is 0.492 e. The molecule has 106 valence electrons. The van der Waals surface area contributed by atoms with Gasteiger partial charge in [0, 0.05) is 23.2 Å². The van der Waals surface area contributed by atoms with Crippen LogP contribution in [0.1, 0.15) is 11.1 Å². The molecule has 0 atom stereocenters. The van der Waals surface area contributed by atoms with Crippen molar-refractivity contribution < 1.29 is 9.47 Å². The maximum Gasteiger partial charge on any atom is 0.123 e. The molecule has 0 aliphatic rings. The minimum Gasteiger partial charge on any atom is -0.492 e. The molecule has 0 saturated carbocycles. The number of aryl methyl sites for hydroxylation is 1.